The highest BCUT2D eigenvalue weighted by Gasteiger charge is 2.22. The highest BCUT2D eigenvalue weighted by atomic mass is 32.1. The first-order valence-electron chi connectivity index (χ1n) is 9.27. The first kappa shape index (κ1) is 18.9. The van der Waals surface area contributed by atoms with Crippen LogP contribution in [0.2, 0.25) is 0 Å². The van der Waals surface area contributed by atoms with Crippen molar-refractivity contribution >= 4 is 46.1 Å². The zero-order chi connectivity index (χ0) is 20.2. The van der Waals surface area contributed by atoms with Gasteiger partial charge < -0.3 is 15.5 Å². The number of hydrogen-bond acceptors (Lipinski definition) is 4. The van der Waals surface area contributed by atoms with Crippen LogP contribution in [0.4, 0.5) is 17.1 Å². The predicted octanol–water partition coefficient (Wildman–Crippen LogP) is 4.38. The third-order valence-corrected chi connectivity index (χ3v) is 5.52. The van der Waals surface area contributed by atoms with E-state index in [1.165, 1.54) is 11.3 Å². The van der Waals surface area contributed by atoms with E-state index in [1.807, 2.05) is 11.4 Å². The van der Waals surface area contributed by atoms with Gasteiger partial charge in [0.25, 0.3) is 11.8 Å². The number of nitrogens with one attached hydrogen (secondary N) is 2. The number of carbonyl (C=O) groups excluding carboxylic acids is 3. The summed E-state index contributed by atoms with van der Waals surface area (Å²) in [5, 5.41) is 7.48. The maximum atomic E-state index is 12.9. The molecule has 7 heteroatoms. The lowest BCUT2D eigenvalue weighted by Gasteiger charge is -2.17. The van der Waals surface area contributed by atoms with E-state index in [0.717, 1.165) is 12.1 Å². The van der Waals surface area contributed by atoms with Crippen molar-refractivity contribution in [1.82, 2.24) is 0 Å². The monoisotopic (exact) mass is 405 g/mol. The molecule has 0 radical (unpaired) electrons. The quantitative estimate of drug-likeness (QED) is 0.661. The maximum absolute atomic E-state index is 12.9. The minimum absolute atomic E-state index is 0.0927. The van der Waals surface area contributed by atoms with Crippen molar-refractivity contribution in [2.75, 3.05) is 22.1 Å². The van der Waals surface area contributed by atoms with Gasteiger partial charge in [-0.3, -0.25) is 14.4 Å². The van der Waals surface area contributed by atoms with Gasteiger partial charge >= 0.3 is 0 Å². The Morgan fingerprint density at radius 1 is 0.931 bits per heavy atom. The molecule has 4 rings (SSSR count). The average molecular weight is 405 g/mol. The SMILES string of the molecule is O=C(Nc1ccccc1C(=O)Nc1cccc(N2CCCC2=O)c1)c1cccs1. The Balaban J connectivity index is 1.52. The van der Waals surface area contributed by atoms with Gasteiger partial charge in [0.1, 0.15) is 0 Å². The molecule has 1 aliphatic heterocycles. The van der Waals surface area contributed by atoms with Crippen LogP contribution in [-0.4, -0.2) is 24.3 Å². The molecule has 0 spiro atoms. The summed E-state index contributed by atoms with van der Waals surface area (Å²) in [4.78, 5) is 39.5. The van der Waals surface area contributed by atoms with Crippen LogP contribution in [0.15, 0.2) is 66.0 Å². The van der Waals surface area contributed by atoms with Crippen molar-refractivity contribution in [2.45, 2.75) is 12.8 Å². The van der Waals surface area contributed by atoms with Crippen LogP contribution in [0, 0.1) is 0 Å². The van der Waals surface area contributed by atoms with Crippen LogP contribution in [0.1, 0.15) is 32.9 Å². The van der Waals surface area contributed by atoms with E-state index in [0.29, 0.717) is 34.8 Å². The highest BCUT2D eigenvalue weighted by Crippen LogP contribution is 2.25. The summed E-state index contributed by atoms with van der Waals surface area (Å²) in [7, 11) is 0. The van der Waals surface area contributed by atoms with E-state index >= 15 is 0 Å². The lowest BCUT2D eigenvalue weighted by molar-refractivity contribution is -0.117. The molecule has 146 valence electrons. The van der Waals surface area contributed by atoms with E-state index < -0.39 is 0 Å². The topological polar surface area (TPSA) is 78.5 Å². The molecule has 0 atom stereocenters. The molecule has 1 aromatic heterocycles. The van der Waals surface area contributed by atoms with E-state index in [9.17, 15) is 14.4 Å². The molecule has 2 heterocycles. The predicted molar refractivity (Wildman–Crippen MR) is 115 cm³/mol. The highest BCUT2D eigenvalue weighted by molar-refractivity contribution is 7.12. The molecule has 2 N–H and O–H groups in total. The molecule has 1 fully saturated rings. The minimum atomic E-state index is -0.336. The summed E-state index contributed by atoms with van der Waals surface area (Å²) in [6.45, 7) is 0.688. The van der Waals surface area contributed by atoms with Gasteiger partial charge in [-0.1, -0.05) is 24.3 Å². The molecular weight excluding hydrogens is 386 g/mol. The zero-order valence-corrected chi connectivity index (χ0v) is 16.4. The fraction of sp³-hybridized carbons (Fsp3) is 0.136. The lowest BCUT2D eigenvalue weighted by atomic mass is 10.1. The number of carbonyl (C=O) groups is 3. The summed E-state index contributed by atoms with van der Waals surface area (Å²) >= 11 is 1.34. The van der Waals surface area contributed by atoms with Gasteiger partial charge in [0, 0.05) is 24.3 Å². The average Bonchev–Trinajstić information content (AvgIpc) is 3.40. The van der Waals surface area contributed by atoms with Crippen molar-refractivity contribution < 1.29 is 14.4 Å². The number of hydrogen-bond donors (Lipinski definition) is 2. The summed E-state index contributed by atoms with van der Waals surface area (Å²) in [5.74, 6) is -0.498. The molecule has 3 amide bonds. The van der Waals surface area contributed by atoms with Crippen LogP contribution in [-0.2, 0) is 4.79 Å². The van der Waals surface area contributed by atoms with Crippen LogP contribution >= 0.6 is 11.3 Å². The Morgan fingerprint density at radius 2 is 1.79 bits per heavy atom. The molecule has 0 saturated carbocycles. The van der Waals surface area contributed by atoms with Crippen LogP contribution in [0.25, 0.3) is 0 Å². The number of para-hydroxylation sites is 1. The second-order valence-corrected chi connectivity index (χ2v) is 7.58. The Morgan fingerprint density at radius 3 is 2.55 bits per heavy atom. The van der Waals surface area contributed by atoms with Gasteiger partial charge in [-0.2, -0.15) is 0 Å². The summed E-state index contributed by atoms with van der Waals surface area (Å²) < 4.78 is 0. The molecule has 29 heavy (non-hydrogen) atoms. The standard InChI is InChI=1S/C22H19N3O3S/c26-20-11-4-12-25(20)16-7-3-6-15(14-16)23-21(27)17-8-1-2-9-18(17)24-22(28)19-10-5-13-29-19/h1-3,5-10,13-14H,4,11-12H2,(H,23,27)(H,24,28). The number of amides is 3. The summed E-state index contributed by atoms with van der Waals surface area (Å²) in [6.07, 6.45) is 1.39. The van der Waals surface area contributed by atoms with E-state index in [4.69, 9.17) is 0 Å². The van der Waals surface area contributed by atoms with Gasteiger partial charge in [0.15, 0.2) is 0 Å². The van der Waals surface area contributed by atoms with Gasteiger partial charge in [-0.25, -0.2) is 0 Å². The Bertz CT molecular complexity index is 1060. The van der Waals surface area contributed by atoms with E-state index in [-0.39, 0.29) is 17.7 Å². The fourth-order valence-electron chi connectivity index (χ4n) is 3.25. The molecule has 0 bridgehead atoms. The third kappa shape index (κ3) is 4.20. The molecule has 6 nitrogen and oxygen atoms in total. The first-order chi connectivity index (χ1) is 14.1. The zero-order valence-electron chi connectivity index (χ0n) is 15.6. The van der Waals surface area contributed by atoms with Gasteiger partial charge in [0.05, 0.1) is 16.1 Å². The molecule has 0 unspecified atom stereocenters. The van der Waals surface area contributed by atoms with Crippen molar-refractivity contribution in [3.8, 4) is 0 Å². The smallest absolute Gasteiger partial charge is 0.265 e. The number of anilines is 3. The molecule has 2 aromatic carbocycles. The van der Waals surface area contributed by atoms with Gasteiger partial charge in [-0.15, -0.1) is 11.3 Å². The van der Waals surface area contributed by atoms with Gasteiger partial charge in [0.2, 0.25) is 5.91 Å². The van der Waals surface area contributed by atoms with Crippen LogP contribution in [0.5, 0.6) is 0 Å². The Labute approximate surface area is 172 Å². The largest absolute Gasteiger partial charge is 0.322 e. The molecule has 0 aliphatic carbocycles. The van der Waals surface area contributed by atoms with Crippen LogP contribution < -0.4 is 15.5 Å². The number of nitrogens with zero attached hydrogens (tertiary/aromatic N) is 1. The Hall–Kier alpha value is -3.45. The minimum Gasteiger partial charge on any atom is -0.322 e. The lowest BCUT2D eigenvalue weighted by Crippen LogP contribution is -2.23. The van der Waals surface area contributed by atoms with Crippen molar-refractivity contribution in [3.05, 3.63) is 76.5 Å². The van der Waals surface area contributed by atoms with Crippen LogP contribution in [0.3, 0.4) is 0 Å². The van der Waals surface area contributed by atoms with Gasteiger partial charge in [-0.05, 0) is 48.2 Å². The normalized spacial score (nSPS) is 13.4. The number of thiophene rings is 1. The van der Waals surface area contributed by atoms with E-state index in [1.54, 1.807) is 59.5 Å². The maximum Gasteiger partial charge on any atom is 0.265 e. The second-order valence-electron chi connectivity index (χ2n) is 6.63. The summed E-state index contributed by atoms with van der Waals surface area (Å²) in [6, 6.07) is 17.6. The molecule has 1 aliphatic rings. The number of benzene rings is 2. The molecule has 3 aromatic rings. The molecular formula is C22H19N3O3S. The first-order valence-corrected chi connectivity index (χ1v) is 10.2. The van der Waals surface area contributed by atoms with Crippen molar-refractivity contribution in [1.29, 1.82) is 0 Å². The Kier molecular flexibility index (Phi) is 5.39. The van der Waals surface area contributed by atoms with Crippen molar-refractivity contribution in [2.24, 2.45) is 0 Å². The molecule has 1 saturated heterocycles. The third-order valence-electron chi connectivity index (χ3n) is 4.65. The summed E-state index contributed by atoms with van der Waals surface area (Å²) in [5.41, 5.74) is 2.16. The fourth-order valence-corrected chi connectivity index (χ4v) is 3.87. The number of rotatable bonds is 5. The van der Waals surface area contributed by atoms with Crippen molar-refractivity contribution in [3.63, 3.8) is 0 Å². The van der Waals surface area contributed by atoms with E-state index in [2.05, 4.69) is 10.6 Å². The second kappa shape index (κ2) is 8.28.